The number of anilines is 1. The fourth-order valence-electron chi connectivity index (χ4n) is 3.35. The Bertz CT molecular complexity index is 1110. The second-order valence-electron chi connectivity index (χ2n) is 6.59. The fourth-order valence-corrected chi connectivity index (χ4v) is 3.47. The van der Waals surface area contributed by atoms with Crippen molar-refractivity contribution in [2.75, 3.05) is 11.9 Å². The van der Waals surface area contributed by atoms with Crippen molar-refractivity contribution in [2.45, 2.75) is 19.9 Å². The molecule has 0 aliphatic carbocycles. The van der Waals surface area contributed by atoms with E-state index in [1.54, 1.807) is 48.9 Å². The van der Waals surface area contributed by atoms with Gasteiger partial charge in [-0.15, -0.1) is 5.10 Å². The maximum absolute atomic E-state index is 12.7. The number of hydrogen-bond donors (Lipinski definition) is 2. The highest BCUT2D eigenvalue weighted by molar-refractivity contribution is 6.30. The number of esters is 1. The minimum absolute atomic E-state index is 0.0986. The average Bonchev–Trinajstić information content (AvgIpc) is 3.11. The predicted molar refractivity (Wildman–Crippen MR) is 110 cm³/mol. The Morgan fingerprint density at radius 3 is 2.72 bits per heavy atom. The zero-order chi connectivity index (χ0) is 20.5. The lowest BCUT2D eigenvalue weighted by Gasteiger charge is -2.28. The maximum atomic E-state index is 12.7. The molecule has 0 radical (unpaired) electrons. The second kappa shape index (κ2) is 7.60. The number of ether oxygens (including phenoxy) is 1. The Balaban J connectivity index is 1.86. The van der Waals surface area contributed by atoms with Crippen molar-refractivity contribution in [3.63, 3.8) is 0 Å². The van der Waals surface area contributed by atoms with Gasteiger partial charge >= 0.3 is 5.97 Å². The van der Waals surface area contributed by atoms with Crippen LogP contribution < -0.4 is 5.32 Å². The number of phenols is 1. The molecule has 7 nitrogen and oxygen atoms in total. The van der Waals surface area contributed by atoms with Gasteiger partial charge in [-0.05, 0) is 55.8 Å². The van der Waals surface area contributed by atoms with Crippen LogP contribution in [-0.4, -0.2) is 32.4 Å². The zero-order valence-electron chi connectivity index (χ0n) is 15.9. The zero-order valence-corrected chi connectivity index (χ0v) is 16.6. The number of allylic oxidation sites excluding steroid dienone is 1. The maximum Gasteiger partial charge on any atom is 0.338 e. The van der Waals surface area contributed by atoms with Gasteiger partial charge in [0.15, 0.2) is 5.82 Å². The number of aromatic nitrogens is 3. The highest BCUT2D eigenvalue weighted by Crippen LogP contribution is 2.37. The van der Waals surface area contributed by atoms with Crippen molar-refractivity contribution >= 4 is 23.5 Å². The van der Waals surface area contributed by atoms with Gasteiger partial charge in [-0.2, -0.15) is 4.98 Å². The van der Waals surface area contributed by atoms with Gasteiger partial charge in [-0.1, -0.05) is 23.7 Å². The van der Waals surface area contributed by atoms with E-state index < -0.39 is 12.0 Å². The summed E-state index contributed by atoms with van der Waals surface area (Å²) in [5, 5.41) is 18.4. The largest absolute Gasteiger partial charge is 0.508 e. The first-order valence-corrected chi connectivity index (χ1v) is 9.52. The summed E-state index contributed by atoms with van der Waals surface area (Å²) >= 11 is 5.98. The topological polar surface area (TPSA) is 89.3 Å². The molecule has 0 saturated carbocycles. The van der Waals surface area contributed by atoms with Crippen LogP contribution in [0, 0.1) is 0 Å². The van der Waals surface area contributed by atoms with Gasteiger partial charge in [-0.3, -0.25) is 0 Å². The van der Waals surface area contributed by atoms with Crippen molar-refractivity contribution < 1.29 is 14.6 Å². The second-order valence-corrected chi connectivity index (χ2v) is 7.03. The van der Waals surface area contributed by atoms with E-state index in [1.807, 2.05) is 18.2 Å². The summed E-state index contributed by atoms with van der Waals surface area (Å²) in [7, 11) is 0. The number of carbonyl (C=O) groups excluding carboxylic acids is 1. The third-order valence-electron chi connectivity index (χ3n) is 4.64. The Labute approximate surface area is 172 Å². The van der Waals surface area contributed by atoms with Gasteiger partial charge in [0.1, 0.15) is 11.8 Å². The summed E-state index contributed by atoms with van der Waals surface area (Å²) in [6.07, 6.45) is 0. The number of carbonyl (C=O) groups is 1. The van der Waals surface area contributed by atoms with E-state index in [0.717, 1.165) is 5.56 Å². The average molecular weight is 411 g/mol. The molecule has 0 spiro atoms. The molecule has 1 atom stereocenters. The summed E-state index contributed by atoms with van der Waals surface area (Å²) < 4.78 is 6.91. The van der Waals surface area contributed by atoms with E-state index in [-0.39, 0.29) is 12.4 Å². The molecule has 1 aliphatic rings. The molecule has 0 fully saturated rings. The van der Waals surface area contributed by atoms with Gasteiger partial charge in [-0.25, -0.2) is 9.48 Å². The SMILES string of the molecule is CCOC(=O)C1=C(C)Nc2nc(-c3ccc(Cl)cc3)nn2C1c1cccc(O)c1. The monoisotopic (exact) mass is 410 g/mol. The number of aromatic hydroxyl groups is 1. The van der Waals surface area contributed by atoms with Crippen LogP contribution in [0.4, 0.5) is 5.95 Å². The number of phenolic OH excluding ortho intramolecular Hbond substituents is 1. The highest BCUT2D eigenvalue weighted by atomic mass is 35.5. The predicted octanol–water partition coefficient (Wildman–Crippen LogP) is 4.16. The summed E-state index contributed by atoms with van der Waals surface area (Å²) in [5.74, 6) is 0.641. The minimum Gasteiger partial charge on any atom is -0.508 e. The van der Waals surface area contributed by atoms with Crippen molar-refractivity contribution in [1.29, 1.82) is 0 Å². The molecule has 1 unspecified atom stereocenters. The molecule has 148 valence electrons. The molecule has 2 heterocycles. The molecule has 2 N–H and O–H groups in total. The van der Waals surface area contributed by atoms with Crippen molar-refractivity contribution in [2.24, 2.45) is 0 Å². The van der Waals surface area contributed by atoms with Crippen molar-refractivity contribution in [3.8, 4) is 17.1 Å². The first-order valence-electron chi connectivity index (χ1n) is 9.14. The molecule has 29 heavy (non-hydrogen) atoms. The summed E-state index contributed by atoms with van der Waals surface area (Å²) in [6, 6.07) is 13.3. The van der Waals surface area contributed by atoms with E-state index in [2.05, 4.69) is 15.4 Å². The molecule has 8 heteroatoms. The lowest BCUT2D eigenvalue weighted by molar-refractivity contribution is -0.139. The van der Waals surface area contributed by atoms with Crippen molar-refractivity contribution in [1.82, 2.24) is 14.8 Å². The van der Waals surface area contributed by atoms with Crippen LogP contribution in [0.3, 0.4) is 0 Å². The molecular formula is C21H19ClN4O3. The molecule has 1 aromatic heterocycles. The third-order valence-corrected chi connectivity index (χ3v) is 4.89. The number of benzene rings is 2. The minimum atomic E-state index is -0.592. The number of hydrogen-bond acceptors (Lipinski definition) is 6. The third kappa shape index (κ3) is 3.56. The molecule has 1 aliphatic heterocycles. The molecule has 3 aromatic rings. The van der Waals surface area contributed by atoms with Crippen LogP contribution in [0.1, 0.15) is 25.5 Å². The van der Waals surface area contributed by atoms with Crippen molar-refractivity contribution in [3.05, 3.63) is 70.4 Å². The van der Waals surface area contributed by atoms with E-state index in [4.69, 9.17) is 16.3 Å². The molecule has 2 aromatic carbocycles. The number of nitrogens with one attached hydrogen (secondary N) is 1. The molecule has 0 amide bonds. The number of halogens is 1. The standard InChI is InChI=1S/C21H19ClN4O3/c1-3-29-20(28)17-12(2)23-21-24-19(13-7-9-15(22)10-8-13)25-26(21)18(17)14-5-4-6-16(27)11-14/h4-11,18,27H,3H2,1-2H3,(H,23,24,25). The van der Waals surface area contributed by atoms with Crippen LogP contribution in [0.5, 0.6) is 5.75 Å². The Hall–Kier alpha value is -3.32. The van der Waals surface area contributed by atoms with Gasteiger partial charge in [0.05, 0.1) is 12.2 Å². The fraction of sp³-hybridized carbons (Fsp3) is 0.190. The van der Waals surface area contributed by atoms with Crippen LogP contribution in [-0.2, 0) is 9.53 Å². The number of rotatable bonds is 4. The summed E-state index contributed by atoms with van der Waals surface area (Å²) in [5.41, 5.74) is 2.53. The Morgan fingerprint density at radius 1 is 1.28 bits per heavy atom. The number of nitrogens with zero attached hydrogens (tertiary/aromatic N) is 3. The quantitative estimate of drug-likeness (QED) is 0.628. The molecular weight excluding hydrogens is 392 g/mol. The van der Waals surface area contributed by atoms with Crippen LogP contribution in [0.25, 0.3) is 11.4 Å². The van der Waals surface area contributed by atoms with E-state index >= 15 is 0 Å². The van der Waals surface area contributed by atoms with E-state index in [1.165, 1.54) is 0 Å². The normalized spacial score (nSPS) is 15.6. The molecule has 4 rings (SSSR count). The van der Waals surface area contributed by atoms with Gasteiger partial charge in [0, 0.05) is 16.3 Å². The first-order chi connectivity index (χ1) is 14.0. The summed E-state index contributed by atoms with van der Waals surface area (Å²) in [6.45, 7) is 3.80. The van der Waals surface area contributed by atoms with Crippen LogP contribution in [0.2, 0.25) is 5.02 Å². The first kappa shape index (κ1) is 19.0. The van der Waals surface area contributed by atoms with E-state index in [9.17, 15) is 9.90 Å². The number of fused-ring (bicyclic) bond motifs is 1. The Morgan fingerprint density at radius 2 is 2.03 bits per heavy atom. The van der Waals surface area contributed by atoms with Gasteiger partial charge in [0.25, 0.3) is 0 Å². The van der Waals surface area contributed by atoms with Crippen LogP contribution in [0.15, 0.2) is 59.8 Å². The lowest BCUT2D eigenvalue weighted by atomic mass is 9.95. The Kier molecular flexibility index (Phi) is 4.98. The molecule has 0 saturated heterocycles. The van der Waals surface area contributed by atoms with Gasteiger partial charge in [0.2, 0.25) is 5.95 Å². The lowest BCUT2D eigenvalue weighted by Crippen LogP contribution is -2.29. The smallest absolute Gasteiger partial charge is 0.338 e. The molecule has 0 bridgehead atoms. The summed E-state index contributed by atoms with van der Waals surface area (Å²) in [4.78, 5) is 17.3. The highest BCUT2D eigenvalue weighted by Gasteiger charge is 2.35. The van der Waals surface area contributed by atoms with E-state index in [0.29, 0.717) is 33.6 Å². The van der Waals surface area contributed by atoms with Crippen LogP contribution >= 0.6 is 11.6 Å². The van der Waals surface area contributed by atoms with Gasteiger partial charge < -0.3 is 15.2 Å².